The average molecular weight is 282 g/mol. The van der Waals surface area contributed by atoms with Gasteiger partial charge in [-0.25, -0.2) is 0 Å². The molecule has 1 heterocycles. The van der Waals surface area contributed by atoms with Crippen molar-refractivity contribution in [3.05, 3.63) is 48.1 Å². The Hall–Kier alpha value is -1.32. The van der Waals surface area contributed by atoms with Crippen LogP contribution in [0.15, 0.2) is 42.5 Å². The van der Waals surface area contributed by atoms with Gasteiger partial charge in [-0.2, -0.15) is 0 Å². The lowest BCUT2D eigenvalue weighted by Gasteiger charge is -2.32. The molecule has 1 aromatic carbocycles. The minimum Gasteiger partial charge on any atom is -0.399 e. The largest absolute Gasteiger partial charge is 0.494 e. The summed E-state index contributed by atoms with van der Waals surface area (Å²) < 4.78 is 12.3. The maximum absolute atomic E-state index is 6.13. The van der Waals surface area contributed by atoms with E-state index in [1.54, 1.807) is 0 Å². The first-order valence-corrected chi connectivity index (χ1v) is 7.72. The van der Waals surface area contributed by atoms with E-state index in [0.29, 0.717) is 0 Å². The van der Waals surface area contributed by atoms with Gasteiger partial charge in [0, 0.05) is 0 Å². The van der Waals surface area contributed by atoms with Gasteiger partial charge >= 0.3 is 7.12 Å². The van der Waals surface area contributed by atoms with Crippen LogP contribution in [0.2, 0.25) is 0 Å². The van der Waals surface area contributed by atoms with Crippen LogP contribution in [0.3, 0.4) is 0 Å². The van der Waals surface area contributed by atoms with Crippen LogP contribution in [0, 0.1) is 0 Å². The molecule has 21 heavy (non-hydrogen) atoms. The standard InChI is InChI=1S/C18H23BO2/c1-17(2)18(3,4)21-19(20-17)16-12-8-11-15(13-16)14-9-6-5-7-10-14/h6,8-13H,5,7H2,1-4H3. The molecule has 2 nitrogen and oxygen atoms in total. The van der Waals surface area contributed by atoms with Crippen molar-refractivity contribution < 1.29 is 9.31 Å². The smallest absolute Gasteiger partial charge is 0.399 e. The van der Waals surface area contributed by atoms with Crippen LogP contribution in [0.5, 0.6) is 0 Å². The topological polar surface area (TPSA) is 18.5 Å². The number of allylic oxidation sites excluding steroid dienone is 4. The quantitative estimate of drug-likeness (QED) is 0.770. The van der Waals surface area contributed by atoms with Gasteiger partial charge in [0.2, 0.25) is 0 Å². The highest BCUT2D eigenvalue weighted by molar-refractivity contribution is 6.62. The van der Waals surface area contributed by atoms with Crippen molar-refractivity contribution in [2.24, 2.45) is 0 Å². The van der Waals surface area contributed by atoms with Crippen LogP contribution in [-0.4, -0.2) is 18.3 Å². The molecule has 3 rings (SSSR count). The molecule has 1 aromatic rings. The van der Waals surface area contributed by atoms with Crippen LogP contribution in [-0.2, 0) is 9.31 Å². The van der Waals surface area contributed by atoms with Crippen molar-refractivity contribution in [1.82, 2.24) is 0 Å². The Morgan fingerprint density at radius 1 is 1.00 bits per heavy atom. The summed E-state index contributed by atoms with van der Waals surface area (Å²) >= 11 is 0. The van der Waals surface area contributed by atoms with Gasteiger partial charge in [0.25, 0.3) is 0 Å². The molecule has 1 aliphatic heterocycles. The second kappa shape index (κ2) is 5.15. The highest BCUT2D eigenvalue weighted by Crippen LogP contribution is 2.36. The number of hydrogen-bond donors (Lipinski definition) is 0. The van der Waals surface area contributed by atoms with Gasteiger partial charge in [-0.1, -0.05) is 42.5 Å². The Morgan fingerprint density at radius 3 is 2.33 bits per heavy atom. The maximum atomic E-state index is 6.13. The van der Waals surface area contributed by atoms with Gasteiger partial charge in [-0.05, 0) is 57.1 Å². The Bertz CT molecular complexity index is 583. The summed E-state index contributed by atoms with van der Waals surface area (Å²) in [4.78, 5) is 0. The summed E-state index contributed by atoms with van der Waals surface area (Å²) in [5.74, 6) is 0. The molecule has 1 saturated heterocycles. The third kappa shape index (κ3) is 2.73. The molecule has 0 aromatic heterocycles. The minimum atomic E-state index is -0.294. The lowest BCUT2D eigenvalue weighted by atomic mass is 9.77. The van der Waals surface area contributed by atoms with Crippen molar-refractivity contribution in [3.63, 3.8) is 0 Å². The van der Waals surface area contributed by atoms with Gasteiger partial charge in [-0.15, -0.1) is 0 Å². The molecule has 1 fully saturated rings. The zero-order valence-corrected chi connectivity index (χ0v) is 13.3. The fraction of sp³-hybridized carbons (Fsp3) is 0.444. The lowest BCUT2D eigenvalue weighted by Crippen LogP contribution is -2.41. The second-order valence-corrected chi connectivity index (χ2v) is 6.85. The molecular formula is C18H23BO2. The van der Waals surface area contributed by atoms with E-state index < -0.39 is 0 Å². The van der Waals surface area contributed by atoms with Gasteiger partial charge < -0.3 is 9.31 Å². The third-order valence-corrected chi connectivity index (χ3v) is 4.74. The van der Waals surface area contributed by atoms with E-state index in [1.807, 2.05) is 0 Å². The van der Waals surface area contributed by atoms with Crippen LogP contribution < -0.4 is 5.46 Å². The van der Waals surface area contributed by atoms with Crippen LogP contribution in [0.25, 0.3) is 5.57 Å². The average Bonchev–Trinajstić information content (AvgIpc) is 2.69. The molecule has 0 radical (unpaired) electrons. The van der Waals surface area contributed by atoms with E-state index in [9.17, 15) is 0 Å². The Kier molecular flexibility index (Phi) is 3.58. The van der Waals surface area contributed by atoms with Gasteiger partial charge in [-0.3, -0.25) is 0 Å². The molecule has 0 N–H and O–H groups in total. The highest BCUT2D eigenvalue weighted by Gasteiger charge is 2.51. The van der Waals surface area contributed by atoms with Crippen LogP contribution in [0.1, 0.15) is 46.1 Å². The van der Waals surface area contributed by atoms with Crippen molar-refractivity contribution >= 4 is 18.2 Å². The predicted molar refractivity (Wildman–Crippen MR) is 88.5 cm³/mol. The first-order chi connectivity index (χ1) is 9.89. The van der Waals surface area contributed by atoms with E-state index >= 15 is 0 Å². The molecule has 0 spiro atoms. The first-order valence-electron chi connectivity index (χ1n) is 7.72. The highest BCUT2D eigenvalue weighted by atomic mass is 16.7. The number of benzene rings is 1. The van der Waals surface area contributed by atoms with Crippen LogP contribution in [0.4, 0.5) is 0 Å². The number of rotatable bonds is 2. The van der Waals surface area contributed by atoms with Crippen molar-refractivity contribution in [3.8, 4) is 0 Å². The van der Waals surface area contributed by atoms with Gasteiger partial charge in [0.15, 0.2) is 0 Å². The van der Waals surface area contributed by atoms with Crippen molar-refractivity contribution in [1.29, 1.82) is 0 Å². The summed E-state index contributed by atoms with van der Waals surface area (Å²) in [5.41, 5.74) is 3.03. The van der Waals surface area contributed by atoms with Crippen molar-refractivity contribution in [2.75, 3.05) is 0 Å². The van der Waals surface area contributed by atoms with E-state index in [2.05, 4.69) is 70.2 Å². The number of hydrogen-bond acceptors (Lipinski definition) is 2. The van der Waals surface area contributed by atoms with E-state index in [1.165, 1.54) is 11.1 Å². The fourth-order valence-corrected chi connectivity index (χ4v) is 2.67. The summed E-state index contributed by atoms with van der Waals surface area (Å²) in [6, 6.07) is 8.50. The summed E-state index contributed by atoms with van der Waals surface area (Å²) in [7, 11) is -0.289. The molecule has 2 aliphatic rings. The molecule has 3 heteroatoms. The molecule has 0 atom stereocenters. The lowest BCUT2D eigenvalue weighted by molar-refractivity contribution is 0.00578. The molecule has 110 valence electrons. The normalized spacial score (nSPS) is 23.2. The zero-order chi connectivity index (χ0) is 15.1. The SMILES string of the molecule is CC1(C)OB(c2cccc(C3=CCCC=C3)c2)OC1(C)C. The Morgan fingerprint density at radius 2 is 1.71 bits per heavy atom. The molecular weight excluding hydrogens is 259 g/mol. The minimum absolute atomic E-state index is 0.289. The maximum Gasteiger partial charge on any atom is 0.494 e. The Balaban J connectivity index is 1.88. The molecule has 0 bridgehead atoms. The predicted octanol–water partition coefficient (Wildman–Crippen LogP) is 3.72. The molecule has 0 unspecified atom stereocenters. The van der Waals surface area contributed by atoms with E-state index in [4.69, 9.17) is 9.31 Å². The second-order valence-electron chi connectivity index (χ2n) is 6.85. The molecule has 1 aliphatic carbocycles. The summed E-state index contributed by atoms with van der Waals surface area (Å²) in [5, 5.41) is 0. The third-order valence-electron chi connectivity index (χ3n) is 4.74. The zero-order valence-electron chi connectivity index (χ0n) is 13.3. The van der Waals surface area contributed by atoms with Gasteiger partial charge in [0.05, 0.1) is 11.2 Å². The van der Waals surface area contributed by atoms with E-state index in [0.717, 1.165) is 18.3 Å². The fourth-order valence-electron chi connectivity index (χ4n) is 2.67. The molecule has 0 saturated carbocycles. The molecule has 0 amide bonds. The summed E-state index contributed by atoms with van der Waals surface area (Å²) in [6.45, 7) is 8.35. The Labute approximate surface area is 128 Å². The van der Waals surface area contributed by atoms with Crippen LogP contribution >= 0.6 is 0 Å². The monoisotopic (exact) mass is 282 g/mol. The van der Waals surface area contributed by atoms with Gasteiger partial charge in [0.1, 0.15) is 0 Å². The summed E-state index contributed by atoms with van der Waals surface area (Å²) in [6.07, 6.45) is 8.99. The first kappa shape index (κ1) is 14.6. The van der Waals surface area contributed by atoms with Crippen molar-refractivity contribution in [2.45, 2.75) is 51.7 Å². The van der Waals surface area contributed by atoms with E-state index in [-0.39, 0.29) is 18.3 Å².